The third-order valence-corrected chi connectivity index (χ3v) is 5.92. The van der Waals surface area contributed by atoms with Crippen molar-refractivity contribution in [1.29, 1.82) is 0 Å². The second kappa shape index (κ2) is 7.44. The van der Waals surface area contributed by atoms with Gasteiger partial charge in [0.1, 0.15) is 17.1 Å². The fraction of sp³-hybridized carbons (Fsp3) is 0.261. The van der Waals surface area contributed by atoms with Gasteiger partial charge in [-0.2, -0.15) is 5.10 Å². The quantitative estimate of drug-likeness (QED) is 0.428. The molecule has 0 aromatic carbocycles. The maximum absolute atomic E-state index is 5.35. The van der Waals surface area contributed by atoms with Crippen molar-refractivity contribution in [3.63, 3.8) is 0 Å². The molecule has 33 heavy (non-hydrogen) atoms. The molecule has 1 fully saturated rings. The number of methoxy groups -OCH3 is 1. The van der Waals surface area contributed by atoms with Crippen LogP contribution in [0.3, 0.4) is 0 Å². The Morgan fingerprint density at radius 3 is 2.73 bits per heavy atom. The fourth-order valence-electron chi connectivity index (χ4n) is 4.00. The predicted octanol–water partition coefficient (Wildman–Crippen LogP) is 3.78. The third-order valence-electron chi connectivity index (χ3n) is 5.92. The Hall–Kier alpha value is -4.21. The maximum Gasteiger partial charge on any atom is 0.218 e. The van der Waals surface area contributed by atoms with E-state index in [9.17, 15) is 0 Å². The van der Waals surface area contributed by atoms with Gasteiger partial charge in [-0.3, -0.25) is 4.68 Å². The topological polar surface area (TPSA) is 100.0 Å². The number of hydrogen-bond acceptors (Lipinski definition) is 7. The van der Waals surface area contributed by atoms with Crippen LogP contribution in [0.4, 0.5) is 11.6 Å². The van der Waals surface area contributed by atoms with Crippen LogP contribution in [-0.2, 0) is 7.05 Å². The minimum Gasteiger partial charge on any atom is -0.497 e. The standard InChI is InChI=1S/C23H23N9O/c1-14-17(18-7-10-31(28-18)15-4-5-15)13-32-20(14)21(26-19-12-16(33-3)6-8-24-19)27-22(29-32)23-25-9-11-30(23)2/h6-13,15H,4-5H2,1-3H3,(H,24,26,27,29). The average molecular weight is 441 g/mol. The van der Waals surface area contributed by atoms with Crippen molar-refractivity contribution in [1.82, 2.24) is 38.9 Å². The van der Waals surface area contributed by atoms with Gasteiger partial charge in [0, 0.05) is 49.7 Å². The predicted molar refractivity (Wildman–Crippen MR) is 123 cm³/mol. The third kappa shape index (κ3) is 3.39. The van der Waals surface area contributed by atoms with Crippen molar-refractivity contribution >= 4 is 17.2 Å². The van der Waals surface area contributed by atoms with Crippen LogP contribution < -0.4 is 10.1 Å². The lowest BCUT2D eigenvalue weighted by molar-refractivity contribution is 0.414. The van der Waals surface area contributed by atoms with Gasteiger partial charge in [-0.25, -0.2) is 19.5 Å². The number of pyridine rings is 1. The Bertz CT molecular complexity index is 1470. The number of hydrogen-bond donors (Lipinski definition) is 1. The lowest BCUT2D eigenvalue weighted by Gasteiger charge is -2.10. The smallest absolute Gasteiger partial charge is 0.218 e. The Morgan fingerprint density at radius 2 is 1.97 bits per heavy atom. The number of imidazole rings is 1. The highest BCUT2D eigenvalue weighted by Gasteiger charge is 2.25. The highest BCUT2D eigenvalue weighted by Crippen LogP contribution is 2.36. The molecule has 0 spiro atoms. The van der Waals surface area contributed by atoms with E-state index in [1.165, 1.54) is 12.8 Å². The van der Waals surface area contributed by atoms with E-state index in [0.717, 1.165) is 22.3 Å². The Morgan fingerprint density at radius 1 is 1.09 bits per heavy atom. The number of nitrogens with one attached hydrogen (secondary N) is 1. The SMILES string of the molecule is COc1ccnc(Nc2nc(-c3nccn3C)nn3cc(-c4ccn(C5CC5)n4)c(C)c23)c1. The van der Waals surface area contributed by atoms with Gasteiger partial charge in [-0.1, -0.05) is 0 Å². The molecule has 1 aliphatic rings. The van der Waals surface area contributed by atoms with Crippen molar-refractivity contribution in [2.45, 2.75) is 25.8 Å². The number of anilines is 2. The summed E-state index contributed by atoms with van der Waals surface area (Å²) >= 11 is 0. The van der Waals surface area contributed by atoms with E-state index in [1.807, 2.05) is 34.6 Å². The van der Waals surface area contributed by atoms with Gasteiger partial charge in [-0.15, -0.1) is 5.10 Å². The van der Waals surface area contributed by atoms with Gasteiger partial charge in [0.15, 0.2) is 11.6 Å². The molecule has 5 aromatic heterocycles. The fourth-order valence-corrected chi connectivity index (χ4v) is 4.00. The molecule has 0 atom stereocenters. The van der Waals surface area contributed by atoms with Crippen molar-refractivity contribution in [2.75, 3.05) is 12.4 Å². The van der Waals surface area contributed by atoms with Crippen LogP contribution in [-0.4, -0.2) is 46.0 Å². The highest BCUT2D eigenvalue weighted by atomic mass is 16.5. The molecule has 5 heterocycles. The first-order valence-electron chi connectivity index (χ1n) is 10.8. The van der Waals surface area contributed by atoms with Crippen LogP contribution in [0.2, 0.25) is 0 Å². The van der Waals surface area contributed by atoms with E-state index < -0.39 is 0 Å². The number of aromatic nitrogens is 8. The summed E-state index contributed by atoms with van der Waals surface area (Å²) in [5.74, 6) is 3.14. The number of fused-ring (bicyclic) bond motifs is 1. The first-order chi connectivity index (χ1) is 16.1. The minimum atomic E-state index is 0.505. The molecule has 5 aromatic rings. The van der Waals surface area contributed by atoms with Gasteiger partial charge in [0.2, 0.25) is 5.82 Å². The highest BCUT2D eigenvalue weighted by molar-refractivity contribution is 5.84. The van der Waals surface area contributed by atoms with Crippen molar-refractivity contribution < 1.29 is 4.74 Å². The largest absolute Gasteiger partial charge is 0.497 e. The molecular weight excluding hydrogens is 418 g/mol. The molecule has 0 amide bonds. The molecule has 1 N–H and O–H groups in total. The summed E-state index contributed by atoms with van der Waals surface area (Å²) in [5, 5.41) is 12.9. The van der Waals surface area contributed by atoms with Crippen LogP contribution in [0.15, 0.2) is 49.2 Å². The first kappa shape index (κ1) is 19.5. The summed E-state index contributed by atoms with van der Waals surface area (Å²) in [6, 6.07) is 6.22. The van der Waals surface area contributed by atoms with Crippen molar-refractivity contribution in [2.24, 2.45) is 7.05 Å². The lowest BCUT2D eigenvalue weighted by atomic mass is 10.1. The van der Waals surface area contributed by atoms with E-state index in [1.54, 1.807) is 25.6 Å². The van der Waals surface area contributed by atoms with Crippen LogP contribution in [0, 0.1) is 6.92 Å². The second-order valence-corrected chi connectivity index (χ2v) is 8.22. The Balaban J connectivity index is 1.52. The average Bonchev–Trinajstić information content (AvgIpc) is 3.23. The van der Waals surface area contributed by atoms with E-state index in [2.05, 4.69) is 39.2 Å². The normalized spacial score (nSPS) is 13.5. The zero-order valence-electron chi connectivity index (χ0n) is 18.6. The second-order valence-electron chi connectivity index (χ2n) is 8.22. The molecule has 1 saturated carbocycles. The first-order valence-corrected chi connectivity index (χ1v) is 10.8. The van der Waals surface area contributed by atoms with Gasteiger partial charge in [0.25, 0.3) is 0 Å². The molecule has 166 valence electrons. The molecule has 0 unspecified atom stereocenters. The molecule has 0 saturated heterocycles. The van der Waals surface area contributed by atoms with Crippen LogP contribution >= 0.6 is 0 Å². The van der Waals surface area contributed by atoms with Crippen LogP contribution in [0.5, 0.6) is 5.75 Å². The molecular formula is C23H23N9O. The van der Waals surface area contributed by atoms with Crippen molar-refractivity contribution in [3.8, 4) is 28.7 Å². The van der Waals surface area contributed by atoms with E-state index >= 15 is 0 Å². The van der Waals surface area contributed by atoms with E-state index in [4.69, 9.17) is 19.9 Å². The van der Waals surface area contributed by atoms with Gasteiger partial charge in [-0.05, 0) is 37.5 Å². The van der Waals surface area contributed by atoms with Crippen LogP contribution in [0.1, 0.15) is 24.4 Å². The van der Waals surface area contributed by atoms with Crippen molar-refractivity contribution in [3.05, 3.63) is 54.7 Å². The summed E-state index contributed by atoms with van der Waals surface area (Å²) in [6.07, 6.45) is 11.7. The zero-order valence-corrected chi connectivity index (χ0v) is 18.6. The molecule has 0 bridgehead atoms. The number of ether oxygens (including phenoxy) is 1. The molecule has 10 heteroatoms. The van der Waals surface area contributed by atoms with Gasteiger partial charge < -0.3 is 14.6 Å². The van der Waals surface area contributed by atoms with E-state index in [-0.39, 0.29) is 0 Å². The molecule has 10 nitrogen and oxygen atoms in total. The molecule has 0 aliphatic heterocycles. The number of aryl methyl sites for hydroxylation is 2. The summed E-state index contributed by atoms with van der Waals surface area (Å²) in [6.45, 7) is 2.06. The zero-order chi connectivity index (χ0) is 22.5. The monoisotopic (exact) mass is 441 g/mol. The van der Waals surface area contributed by atoms with Crippen LogP contribution in [0.25, 0.3) is 28.4 Å². The van der Waals surface area contributed by atoms with Gasteiger partial charge in [0.05, 0.1) is 18.8 Å². The molecule has 6 rings (SSSR count). The molecule has 1 aliphatic carbocycles. The number of nitrogens with zero attached hydrogens (tertiary/aromatic N) is 8. The summed E-state index contributed by atoms with van der Waals surface area (Å²) in [7, 11) is 3.55. The Kier molecular flexibility index (Phi) is 4.39. The van der Waals surface area contributed by atoms with E-state index in [0.29, 0.717) is 35.1 Å². The number of rotatable bonds is 6. The lowest BCUT2D eigenvalue weighted by Crippen LogP contribution is -2.06. The molecule has 0 radical (unpaired) electrons. The Labute approximate surface area is 189 Å². The minimum absolute atomic E-state index is 0.505. The maximum atomic E-state index is 5.35. The summed E-state index contributed by atoms with van der Waals surface area (Å²) in [5.41, 5.74) is 3.83. The summed E-state index contributed by atoms with van der Waals surface area (Å²) < 4.78 is 11.1. The summed E-state index contributed by atoms with van der Waals surface area (Å²) in [4.78, 5) is 13.7. The van der Waals surface area contributed by atoms with Gasteiger partial charge >= 0.3 is 0 Å².